The van der Waals surface area contributed by atoms with Crippen molar-refractivity contribution >= 4 is 33.1 Å². The summed E-state index contributed by atoms with van der Waals surface area (Å²) >= 11 is 2.42. The second kappa shape index (κ2) is 5.54. The monoisotopic (exact) mass is 272 g/mol. The first-order chi connectivity index (χ1) is 4.74. The molecule has 0 aliphatic heterocycles. The lowest BCUT2D eigenvalue weighted by Gasteiger charge is -2.30. The predicted molar refractivity (Wildman–Crippen MR) is 57.8 cm³/mol. The molecule has 10 heavy (non-hydrogen) atoms. The molecule has 0 saturated heterocycles. The van der Waals surface area contributed by atoms with Gasteiger partial charge in [0.15, 0.2) is 0 Å². The maximum atomic E-state index is 5.61. The molecule has 0 saturated carbocycles. The molecule has 3 heteroatoms. The number of halogens is 1. The number of rotatable bonds is 5. The van der Waals surface area contributed by atoms with E-state index in [1.807, 2.05) is 0 Å². The topological polar surface area (TPSA) is 9.23 Å². The van der Waals surface area contributed by atoms with Gasteiger partial charge in [-0.1, -0.05) is 36.4 Å². The summed E-state index contributed by atoms with van der Waals surface area (Å²) in [5.74, 6) is 0. The van der Waals surface area contributed by atoms with Crippen LogP contribution < -0.4 is 0 Å². The molecular formula is C7H17IOSi. The SMILES string of the molecule is CCC(CC)(CCI)O[SiH3]. The quantitative estimate of drug-likeness (QED) is 0.420. The second-order valence-corrected chi connectivity index (χ2v) is 4.02. The van der Waals surface area contributed by atoms with Crippen molar-refractivity contribution in [3.05, 3.63) is 0 Å². The van der Waals surface area contributed by atoms with Gasteiger partial charge in [-0.15, -0.1) is 0 Å². The maximum absolute atomic E-state index is 5.61. The molecule has 1 nitrogen and oxygen atoms in total. The van der Waals surface area contributed by atoms with Gasteiger partial charge in [-0.2, -0.15) is 0 Å². The standard InChI is InChI=1S/C7H17IOSi/c1-3-7(4-2,9-10)5-6-8/h3-6H2,1-2,10H3. The molecule has 0 rings (SSSR count). The van der Waals surface area contributed by atoms with Crippen LogP contribution in [0.3, 0.4) is 0 Å². The van der Waals surface area contributed by atoms with Crippen LogP contribution in [0.15, 0.2) is 0 Å². The van der Waals surface area contributed by atoms with E-state index in [0.717, 1.165) is 23.3 Å². The van der Waals surface area contributed by atoms with Crippen molar-refractivity contribution in [3.63, 3.8) is 0 Å². The summed E-state index contributed by atoms with van der Waals surface area (Å²) in [7, 11) is 0.876. The summed E-state index contributed by atoms with van der Waals surface area (Å²) in [5.41, 5.74) is 0.230. The minimum atomic E-state index is 0.230. The van der Waals surface area contributed by atoms with Gasteiger partial charge in [-0.05, 0) is 19.3 Å². The summed E-state index contributed by atoms with van der Waals surface area (Å²) in [6.07, 6.45) is 3.54. The van der Waals surface area contributed by atoms with E-state index in [1.54, 1.807) is 0 Å². The third-order valence-corrected chi connectivity index (χ3v) is 3.68. The Morgan fingerprint density at radius 2 is 1.90 bits per heavy atom. The van der Waals surface area contributed by atoms with Crippen molar-refractivity contribution in [2.24, 2.45) is 0 Å². The molecule has 0 atom stereocenters. The third kappa shape index (κ3) is 2.88. The fourth-order valence-electron chi connectivity index (χ4n) is 1.17. The summed E-state index contributed by atoms with van der Waals surface area (Å²) in [4.78, 5) is 0. The average Bonchev–Trinajstić information content (AvgIpc) is 2.01. The van der Waals surface area contributed by atoms with Crippen LogP contribution in [0.2, 0.25) is 0 Å². The van der Waals surface area contributed by atoms with Gasteiger partial charge in [-0.25, -0.2) is 0 Å². The summed E-state index contributed by atoms with van der Waals surface area (Å²) in [6.45, 7) is 4.43. The molecule has 0 aliphatic rings. The van der Waals surface area contributed by atoms with Crippen LogP contribution in [-0.2, 0) is 4.43 Å². The molecule has 0 heterocycles. The van der Waals surface area contributed by atoms with E-state index in [0.29, 0.717) is 0 Å². The van der Waals surface area contributed by atoms with Gasteiger partial charge in [0.05, 0.1) is 5.60 Å². The third-order valence-electron chi connectivity index (χ3n) is 2.27. The van der Waals surface area contributed by atoms with Crippen LogP contribution in [0.25, 0.3) is 0 Å². The largest absolute Gasteiger partial charge is 0.422 e. The summed E-state index contributed by atoms with van der Waals surface area (Å²) < 4.78 is 6.82. The fourth-order valence-corrected chi connectivity index (χ4v) is 2.93. The van der Waals surface area contributed by atoms with Gasteiger partial charge in [0, 0.05) is 4.43 Å². The first kappa shape index (κ1) is 10.9. The normalized spacial score (nSPS) is 12.3. The Bertz CT molecular complexity index is 75.4. The van der Waals surface area contributed by atoms with E-state index in [2.05, 4.69) is 36.4 Å². The van der Waals surface area contributed by atoms with Crippen molar-refractivity contribution in [2.45, 2.75) is 38.7 Å². The van der Waals surface area contributed by atoms with Crippen molar-refractivity contribution in [1.29, 1.82) is 0 Å². The van der Waals surface area contributed by atoms with Gasteiger partial charge in [-0.3, -0.25) is 0 Å². The van der Waals surface area contributed by atoms with Crippen LogP contribution in [-0.4, -0.2) is 20.5 Å². The number of hydrogen-bond donors (Lipinski definition) is 0. The van der Waals surface area contributed by atoms with Crippen LogP contribution in [0, 0.1) is 0 Å². The van der Waals surface area contributed by atoms with Crippen LogP contribution in [0.5, 0.6) is 0 Å². The highest BCUT2D eigenvalue weighted by atomic mass is 127. The van der Waals surface area contributed by atoms with Crippen molar-refractivity contribution < 1.29 is 4.43 Å². The molecule has 62 valence electrons. The van der Waals surface area contributed by atoms with E-state index in [1.165, 1.54) is 10.8 Å². The van der Waals surface area contributed by atoms with Gasteiger partial charge < -0.3 is 4.43 Å². The van der Waals surface area contributed by atoms with Crippen molar-refractivity contribution in [3.8, 4) is 0 Å². The van der Waals surface area contributed by atoms with Crippen molar-refractivity contribution in [1.82, 2.24) is 0 Å². The Morgan fingerprint density at radius 1 is 1.40 bits per heavy atom. The van der Waals surface area contributed by atoms with Gasteiger partial charge in [0.1, 0.15) is 10.5 Å². The minimum Gasteiger partial charge on any atom is -0.422 e. The average molecular weight is 272 g/mol. The van der Waals surface area contributed by atoms with Gasteiger partial charge in [0.25, 0.3) is 0 Å². The lowest BCUT2D eigenvalue weighted by atomic mass is 9.95. The smallest absolute Gasteiger partial charge is 0.146 e. The molecule has 0 fully saturated rings. The first-order valence-corrected chi connectivity index (χ1v) is 6.20. The lowest BCUT2D eigenvalue weighted by molar-refractivity contribution is 0.0688. The lowest BCUT2D eigenvalue weighted by Crippen LogP contribution is -2.30. The zero-order chi connectivity index (χ0) is 8.04. The molecule has 0 aromatic heterocycles. The van der Waals surface area contributed by atoms with E-state index >= 15 is 0 Å². The molecule has 0 radical (unpaired) electrons. The summed E-state index contributed by atoms with van der Waals surface area (Å²) in [6, 6.07) is 0. The van der Waals surface area contributed by atoms with E-state index in [9.17, 15) is 0 Å². The molecule has 0 N–H and O–H groups in total. The summed E-state index contributed by atoms with van der Waals surface area (Å²) in [5, 5.41) is 0. The molecule has 0 aliphatic carbocycles. The zero-order valence-electron chi connectivity index (χ0n) is 7.11. The first-order valence-electron chi connectivity index (χ1n) is 3.85. The van der Waals surface area contributed by atoms with Crippen molar-refractivity contribution in [2.75, 3.05) is 4.43 Å². The molecule has 0 aromatic rings. The molecule has 0 bridgehead atoms. The second-order valence-electron chi connectivity index (χ2n) is 2.53. The Labute approximate surface area is 80.6 Å². The highest BCUT2D eigenvalue weighted by molar-refractivity contribution is 14.1. The van der Waals surface area contributed by atoms with Crippen LogP contribution in [0.4, 0.5) is 0 Å². The fraction of sp³-hybridized carbons (Fsp3) is 1.00. The minimum absolute atomic E-state index is 0.230. The Morgan fingerprint density at radius 3 is 2.00 bits per heavy atom. The predicted octanol–water partition coefficient (Wildman–Crippen LogP) is 1.67. The molecule has 0 unspecified atom stereocenters. The van der Waals surface area contributed by atoms with Crippen LogP contribution >= 0.6 is 22.6 Å². The Kier molecular flexibility index (Phi) is 6.05. The van der Waals surface area contributed by atoms with Gasteiger partial charge in [0.2, 0.25) is 0 Å². The highest BCUT2D eigenvalue weighted by Gasteiger charge is 2.22. The molecule has 0 amide bonds. The highest BCUT2D eigenvalue weighted by Crippen LogP contribution is 2.24. The zero-order valence-corrected chi connectivity index (χ0v) is 11.3. The Hall–Kier alpha value is 0.907. The molecule has 0 spiro atoms. The maximum Gasteiger partial charge on any atom is 0.146 e. The van der Waals surface area contributed by atoms with E-state index in [4.69, 9.17) is 4.43 Å². The number of hydrogen-bond acceptors (Lipinski definition) is 1. The molecular weight excluding hydrogens is 255 g/mol. The van der Waals surface area contributed by atoms with E-state index < -0.39 is 0 Å². The molecule has 0 aromatic carbocycles. The number of alkyl halides is 1. The Balaban J connectivity index is 3.87. The van der Waals surface area contributed by atoms with E-state index in [-0.39, 0.29) is 5.60 Å². The van der Waals surface area contributed by atoms with Crippen LogP contribution in [0.1, 0.15) is 33.1 Å². The van der Waals surface area contributed by atoms with Gasteiger partial charge >= 0.3 is 0 Å².